The number of hydrogen-bond donors (Lipinski definition) is 0. The SMILES string of the molecule is COc1cc(C=Nc2cccc(Cl)c2C)ccc1OCc1ccc(Cl)cc1Cl. The fraction of sp³-hybridized carbons (Fsp3) is 0.136. The highest BCUT2D eigenvalue weighted by atomic mass is 35.5. The van der Waals surface area contributed by atoms with Crippen LogP contribution in [0.25, 0.3) is 0 Å². The molecule has 28 heavy (non-hydrogen) atoms. The van der Waals surface area contributed by atoms with E-state index in [1.807, 2.05) is 49.4 Å². The smallest absolute Gasteiger partial charge is 0.161 e. The molecule has 0 saturated heterocycles. The first kappa shape index (κ1) is 20.5. The number of hydrogen-bond acceptors (Lipinski definition) is 3. The van der Waals surface area contributed by atoms with E-state index in [1.165, 1.54) is 0 Å². The largest absolute Gasteiger partial charge is 0.493 e. The summed E-state index contributed by atoms with van der Waals surface area (Å²) >= 11 is 18.3. The van der Waals surface area contributed by atoms with Crippen LogP contribution < -0.4 is 9.47 Å². The van der Waals surface area contributed by atoms with Crippen molar-refractivity contribution in [3.63, 3.8) is 0 Å². The Labute approximate surface area is 179 Å². The van der Waals surface area contributed by atoms with Crippen molar-refractivity contribution in [3.05, 3.63) is 86.4 Å². The zero-order valence-corrected chi connectivity index (χ0v) is 17.6. The summed E-state index contributed by atoms with van der Waals surface area (Å²) in [6, 6.07) is 16.6. The molecule has 0 N–H and O–H groups in total. The van der Waals surface area contributed by atoms with Crippen molar-refractivity contribution in [2.75, 3.05) is 7.11 Å². The normalized spacial score (nSPS) is 11.0. The molecule has 0 aromatic heterocycles. The van der Waals surface area contributed by atoms with Gasteiger partial charge in [-0.15, -0.1) is 0 Å². The van der Waals surface area contributed by atoms with Crippen molar-refractivity contribution in [1.82, 2.24) is 0 Å². The zero-order valence-electron chi connectivity index (χ0n) is 15.4. The predicted molar refractivity (Wildman–Crippen MR) is 117 cm³/mol. The average molecular weight is 435 g/mol. The van der Waals surface area contributed by atoms with Gasteiger partial charge in [0.25, 0.3) is 0 Å². The molecule has 3 aromatic carbocycles. The van der Waals surface area contributed by atoms with Gasteiger partial charge in [0.2, 0.25) is 0 Å². The molecule has 3 aromatic rings. The zero-order chi connectivity index (χ0) is 20.1. The second-order valence-electron chi connectivity index (χ2n) is 6.08. The minimum Gasteiger partial charge on any atom is -0.493 e. The van der Waals surface area contributed by atoms with E-state index in [9.17, 15) is 0 Å². The molecule has 0 spiro atoms. The number of methoxy groups -OCH3 is 1. The van der Waals surface area contributed by atoms with Crippen LogP contribution in [0.1, 0.15) is 16.7 Å². The molecule has 0 fully saturated rings. The Hall–Kier alpha value is -2.20. The van der Waals surface area contributed by atoms with E-state index in [-0.39, 0.29) is 0 Å². The van der Waals surface area contributed by atoms with E-state index < -0.39 is 0 Å². The fourth-order valence-corrected chi connectivity index (χ4v) is 3.19. The Morgan fingerprint density at radius 2 is 1.75 bits per heavy atom. The number of aliphatic imine (C=N–C) groups is 1. The molecule has 0 atom stereocenters. The van der Waals surface area contributed by atoms with Gasteiger partial charge in [0.05, 0.1) is 12.8 Å². The van der Waals surface area contributed by atoms with E-state index in [4.69, 9.17) is 44.3 Å². The van der Waals surface area contributed by atoms with Gasteiger partial charge < -0.3 is 9.47 Å². The highest BCUT2D eigenvalue weighted by Crippen LogP contribution is 2.30. The number of ether oxygens (including phenoxy) is 2. The summed E-state index contributed by atoms with van der Waals surface area (Å²) in [5.41, 5.74) is 3.49. The molecule has 0 aliphatic rings. The van der Waals surface area contributed by atoms with E-state index in [2.05, 4.69) is 4.99 Å². The Morgan fingerprint density at radius 3 is 2.50 bits per heavy atom. The average Bonchev–Trinajstić information content (AvgIpc) is 2.69. The van der Waals surface area contributed by atoms with Gasteiger partial charge >= 0.3 is 0 Å². The first-order valence-electron chi connectivity index (χ1n) is 8.52. The molecule has 0 bridgehead atoms. The Morgan fingerprint density at radius 1 is 0.929 bits per heavy atom. The third kappa shape index (κ3) is 4.99. The minimum absolute atomic E-state index is 0.307. The quantitative estimate of drug-likeness (QED) is 0.381. The molecule has 0 saturated carbocycles. The second kappa shape index (κ2) is 9.33. The lowest BCUT2D eigenvalue weighted by Gasteiger charge is -2.12. The van der Waals surface area contributed by atoms with Gasteiger partial charge in [0.15, 0.2) is 11.5 Å². The number of nitrogens with zero attached hydrogens (tertiary/aromatic N) is 1. The highest BCUT2D eigenvalue weighted by molar-refractivity contribution is 6.35. The van der Waals surface area contributed by atoms with Crippen molar-refractivity contribution in [3.8, 4) is 11.5 Å². The van der Waals surface area contributed by atoms with Crippen molar-refractivity contribution in [1.29, 1.82) is 0 Å². The van der Waals surface area contributed by atoms with Gasteiger partial charge in [-0.2, -0.15) is 0 Å². The van der Waals surface area contributed by atoms with Gasteiger partial charge in [0, 0.05) is 26.8 Å². The molecule has 0 aliphatic heterocycles. The lowest BCUT2D eigenvalue weighted by atomic mass is 10.2. The number of halogens is 3. The molecule has 144 valence electrons. The predicted octanol–water partition coefficient (Wildman–Crippen LogP) is 7.29. The van der Waals surface area contributed by atoms with Crippen LogP contribution in [0, 0.1) is 6.92 Å². The lowest BCUT2D eigenvalue weighted by Crippen LogP contribution is -1.99. The standard InChI is InChI=1S/C22H18Cl3NO2/c1-14-18(24)4-3-5-20(14)26-12-15-6-9-21(22(10-15)27-2)28-13-16-7-8-17(23)11-19(16)25/h3-12H,13H2,1-2H3. The van der Waals surface area contributed by atoms with Crippen LogP contribution in [0.5, 0.6) is 11.5 Å². The molecular formula is C22H18Cl3NO2. The molecule has 0 unspecified atom stereocenters. The molecule has 0 heterocycles. The molecule has 6 heteroatoms. The van der Waals surface area contributed by atoms with Crippen LogP contribution in [0.4, 0.5) is 5.69 Å². The maximum Gasteiger partial charge on any atom is 0.161 e. The fourth-order valence-electron chi connectivity index (χ4n) is 2.56. The topological polar surface area (TPSA) is 30.8 Å². The van der Waals surface area contributed by atoms with E-state index in [0.717, 1.165) is 22.4 Å². The second-order valence-corrected chi connectivity index (χ2v) is 7.33. The maximum atomic E-state index is 6.20. The number of benzene rings is 3. The van der Waals surface area contributed by atoms with Crippen LogP contribution in [-0.4, -0.2) is 13.3 Å². The first-order valence-corrected chi connectivity index (χ1v) is 9.65. The summed E-state index contributed by atoms with van der Waals surface area (Å²) in [5, 5.41) is 1.84. The molecule has 3 nitrogen and oxygen atoms in total. The third-order valence-electron chi connectivity index (χ3n) is 4.18. The van der Waals surface area contributed by atoms with Gasteiger partial charge in [-0.1, -0.05) is 46.9 Å². The Balaban J connectivity index is 1.76. The van der Waals surface area contributed by atoms with Crippen molar-refractivity contribution in [2.24, 2.45) is 4.99 Å². The van der Waals surface area contributed by atoms with Gasteiger partial charge in [-0.25, -0.2) is 0 Å². The maximum absolute atomic E-state index is 6.20. The summed E-state index contributed by atoms with van der Waals surface area (Å²) in [4.78, 5) is 4.52. The van der Waals surface area contributed by atoms with Crippen LogP contribution in [0.2, 0.25) is 15.1 Å². The summed E-state index contributed by atoms with van der Waals surface area (Å²) in [6.07, 6.45) is 1.76. The van der Waals surface area contributed by atoms with Crippen LogP contribution in [-0.2, 0) is 6.61 Å². The van der Waals surface area contributed by atoms with E-state index in [1.54, 1.807) is 25.5 Å². The highest BCUT2D eigenvalue weighted by Gasteiger charge is 2.08. The van der Waals surface area contributed by atoms with Crippen molar-refractivity contribution >= 4 is 46.7 Å². The first-order chi connectivity index (χ1) is 13.5. The van der Waals surface area contributed by atoms with Crippen molar-refractivity contribution in [2.45, 2.75) is 13.5 Å². The third-order valence-corrected chi connectivity index (χ3v) is 5.17. The summed E-state index contributed by atoms with van der Waals surface area (Å²) in [6.45, 7) is 2.25. The summed E-state index contributed by atoms with van der Waals surface area (Å²) in [7, 11) is 1.60. The van der Waals surface area contributed by atoms with Gasteiger partial charge in [0.1, 0.15) is 6.61 Å². The molecule has 0 aliphatic carbocycles. The molecular weight excluding hydrogens is 417 g/mol. The van der Waals surface area contributed by atoms with Crippen LogP contribution >= 0.6 is 34.8 Å². The number of rotatable bonds is 6. The summed E-state index contributed by atoms with van der Waals surface area (Å²) in [5.74, 6) is 1.22. The lowest BCUT2D eigenvalue weighted by molar-refractivity contribution is 0.284. The molecule has 0 amide bonds. The minimum atomic E-state index is 0.307. The summed E-state index contributed by atoms with van der Waals surface area (Å²) < 4.78 is 11.3. The molecule has 3 rings (SSSR count). The Bertz CT molecular complexity index is 1020. The van der Waals surface area contributed by atoms with E-state index >= 15 is 0 Å². The Kier molecular flexibility index (Phi) is 6.84. The van der Waals surface area contributed by atoms with E-state index in [0.29, 0.717) is 33.2 Å². The molecule has 0 radical (unpaired) electrons. The van der Waals surface area contributed by atoms with Crippen molar-refractivity contribution < 1.29 is 9.47 Å². The van der Waals surface area contributed by atoms with Gasteiger partial charge in [-0.3, -0.25) is 4.99 Å². The van der Waals surface area contributed by atoms with Crippen LogP contribution in [0.15, 0.2) is 59.6 Å². The van der Waals surface area contributed by atoms with Gasteiger partial charge in [-0.05, 0) is 60.5 Å². The van der Waals surface area contributed by atoms with Crippen LogP contribution in [0.3, 0.4) is 0 Å². The monoisotopic (exact) mass is 433 g/mol.